The maximum Gasteiger partial charge on any atom is 0.161 e. The molecular weight excluding hydrogens is 621 g/mol. The zero-order chi connectivity index (χ0) is 34.1. The van der Waals surface area contributed by atoms with Crippen molar-refractivity contribution in [2.24, 2.45) is 15.0 Å². The lowest BCUT2D eigenvalue weighted by Crippen LogP contribution is -2.05. The average molecular weight is 655 g/mol. The van der Waals surface area contributed by atoms with Crippen LogP contribution in [0.3, 0.4) is 0 Å². The third-order valence-corrected chi connectivity index (χ3v) is 9.81. The number of nitrogens with zero attached hydrogens (tertiary/aromatic N) is 4. The first-order chi connectivity index (χ1) is 25.2. The van der Waals surface area contributed by atoms with Gasteiger partial charge in [-0.2, -0.15) is 0 Å². The Morgan fingerprint density at radius 2 is 1.16 bits per heavy atom. The van der Waals surface area contributed by atoms with Crippen LogP contribution in [0.15, 0.2) is 185 Å². The van der Waals surface area contributed by atoms with Crippen molar-refractivity contribution >= 4 is 40.2 Å². The standard InChI is InChI=1S/C47H34N4/c1-48-46(34-15-7-3-8-16-34)50-47(35-17-9-4-10-18-35)49-31-32-21-24-40-37(27-32)28-38-29-39(23-26-41(38)40)51-44-20-12-11-19-42(44)43-25-22-36(30-45(43)51)33-13-5-2-6-14-33/h2-27,29-30H,1,28,31H2. The minimum Gasteiger partial charge on any atom is -0.309 e. The van der Waals surface area contributed by atoms with Crippen LogP contribution in [0.4, 0.5) is 0 Å². The molecule has 0 saturated carbocycles. The monoisotopic (exact) mass is 654 g/mol. The fraction of sp³-hybridized carbons (Fsp3) is 0.0426. The Balaban J connectivity index is 1.06. The van der Waals surface area contributed by atoms with Crippen LogP contribution in [-0.4, -0.2) is 23.0 Å². The van der Waals surface area contributed by atoms with Gasteiger partial charge in [0, 0.05) is 27.6 Å². The second kappa shape index (κ2) is 13.0. The highest BCUT2D eigenvalue weighted by molar-refractivity contribution is 6.13. The van der Waals surface area contributed by atoms with E-state index in [0.717, 1.165) is 23.1 Å². The molecule has 51 heavy (non-hydrogen) atoms. The van der Waals surface area contributed by atoms with Crippen LogP contribution in [0.2, 0.25) is 0 Å². The average Bonchev–Trinajstić information content (AvgIpc) is 3.73. The summed E-state index contributed by atoms with van der Waals surface area (Å²) >= 11 is 0. The van der Waals surface area contributed by atoms with E-state index < -0.39 is 0 Å². The summed E-state index contributed by atoms with van der Waals surface area (Å²) < 4.78 is 2.42. The molecule has 0 N–H and O–H groups in total. The fourth-order valence-electron chi connectivity index (χ4n) is 7.37. The van der Waals surface area contributed by atoms with Crippen molar-refractivity contribution in [3.8, 4) is 27.9 Å². The fourth-order valence-corrected chi connectivity index (χ4v) is 7.37. The van der Waals surface area contributed by atoms with Crippen LogP contribution in [-0.2, 0) is 13.0 Å². The summed E-state index contributed by atoms with van der Waals surface area (Å²) in [5, 5.41) is 2.53. The summed E-state index contributed by atoms with van der Waals surface area (Å²) in [5.41, 5.74) is 14.3. The Hall–Kier alpha value is -6.65. The number of aromatic nitrogens is 1. The molecule has 0 saturated heterocycles. The summed E-state index contributed by atoms with van der Waals surface area (Å²) in [5.74, 6) is 1.19. The van der Waals surface area contributed by atoms with Crippen molar-refractivity contribution < 1.29 is 0 Å². The molecule has 0 amide bonds. The highest BCUT2D eigenvalue weighted by atomic mass is 15.0. The number of fused-ring (bicyclic) bond motifs is 6. The second-order valence-electron chi connectivity index (χ2n) is 12.9. The van der Waals surface area contributed by atoms with Gasteiger partial charge in [-0.15, -0.1) is 0 Å². The summed E-state index contributed by atoms with van der Waals surface area (Å²) in [6.07, 6.45) is 0.880. The van der Waals surface area contributed by atoms with E-state index in [1.165, 1.54) is 60.9 Å². The van der Waals surface area contributed by atoms with Gasteiger partial charge >= 0.3 is 0 Å². The van der Waals surface area contributed by atoms with Gasteiger partial charge in [0.25, 0.3) is 0 Å². The van der Waals surface area contributed by atoms with E-state index in [9.17, 15) is 0 Å². The number of hydrogen-bond acceptors (Lipinski definition) is 1. The summed E-state index contributed by atoms with van der Waals surface area (Å²) in [6, 6.07) is 59.9. The van der Waals surface area contributed by atoms with Crippen molar-refractivity contribution in [3.63, 3.8) is 0 Å². The Morgan fingerprint density at radius 3 is 1.90 bits per heavy atom. The number of amidine groups is 2. The van der Waals surface area contributed by atoms with Gasteiger partial charge in [0.05, 0.1) is 17.6 Å². The summed E-state index contributed by atoms with van der Waals surface area (Å²) in [4.78, 5) is 14.2. The molecule has 0 spiro atoms. The van der Waals surface area contributed by atoms with Gasteiger partial charge < -0.3 is 4.57 Å². The van der Waals surface area contributed by atoms with Crippen LogP contribution < -0.4 is 0 Å². The Kier molecular flexibility index (Phi) is 7.75. The lowest BCUT2D eigenvalue weighted by Gasteiger charge is -2.11. The Morgan fingerprint density at radius 1 is 0.529 bits per heavy atom. The molecule has 242 valence electrons. The smallest absolute Gasteiger partial charge is 0.161 e. The molecule has 1 aromatic heterocycles. The third kappa shape index (κ3) is 5.67. The molecule has 0 radical (unpaired) electrons. The van der Waals surface area contributed by atoms with Crippen molar-refractivity contribution in [3.05, 3.63) is 198 Å². The molecule has 8 aromatic rings. The van der Waals surface area contributed by atoms with Gasteiger partial charge in [-0.25, -0.2) is 9.98 Å². The van der Waals surface area contributed by atoms with E-state index in [0.29, 0.717) is 18.2 Å². The van der Waals surface area contributed by atoms with E-state index in [4.69, 9.17) is 9.98 Å². The van der Waals surface area contributed by atoms with E-state index in [2.05, 4.69) is 125 Å². The van der Waals surface area contributed by atoms with E-state index >= 15 is 0 Å². The number of benzene rings is 7. The van der Waals surface area contributed by atoms with E-state index in [1.54, 1.807) is 0 Å². The van der Waals surface area contributed by atoms with Crippen molar-refractivity contribution in [1.29, 1.82) is 0 Å². The summed E-state index contributed by atoms with van der Waals surface area (Å²) in [6.45, 7) is 4.30. The van der Waals surface area contributed by atoms with Crippen LogP contribution in [0.5, 0.6) is 0 Å². The van der Waals surface area contributed by atoms with Crippen LogP contribution >= 0.6 is 0 Å². The highest BCUT2D eigenvalue weighted by Crippen LogP contribution is 2.40. The van der Waals surface area contributed by atoms with Gasteiger partial charge in [0.1, 0.15) is 0 Å². The summed E-state index contributed by atoms with van der Waals surface area (Å²) in [7, 11) is 0. The van der Waals surface area contributed by atoms with Gasteiger partial charge in [-0.3, -0.25) is 4.99 Å². The first-order valence-corrected chi connectivity index (χ1v) is 17.3. The predicted octanol–water partition coefficient (Wildman–Crippen LogP) is 11.1. The molecule has 4 heteroatoms. The van der Waals surface area contributed by atoms with Gasteiger partial charge in [0.15, 0.2) is 11.7 Å². The zero-order valence-electron chi connectivity index (χ0n) is 28.1. The predicted molar refractivity (Wildman–Crippen MR) is 214 cm³/mol. The SMILES string of the molecule is C=NC(=NC(=NCc1ccc2c(c1)Cc1cc(-n3c4ccccc4c4ccc(-c5ccccc5)cc43)ccc1-2)c1ccccc1)c1ccccc1. The molecule has 0 atom stereocenters. The van der Waals surface area contributed by atoms with Gasteiger partial charge in [-0.05, 0) is 76.3 Å². The minimum atomic E-state index is 0.507. The third-order valence-electron chi connectivity index (χ3n) is 9.81. The number of aliphatic imine (C=N–C) groups is 3. The second-order valence-corrected chi connectivity index (χ2v) is 12.9. The zero-order valence-corrected chi connectivity index (χ0v) is 28.1. The first-order valence-electron chi connectivity index (χ1n) is 17.3. The molecule has 4 nitrogen and oxygen atoms in total. The quantitative estimate of drug-likeness (QED) is 0.126. The molecule has 9 rings (SSSR count). The Bertz CT molecular complexity index is 2630. The van der Waals surface area contributed by atoms with Crippen molar-refractivity contribution in [2.45, 2.75) is 13.0 Å². The molecule has 1 aliphatic carbocycles. The van der Waals surface area contributed by atoms with Crippen LogP contribution in [0.25, 0.3) is 49.7 Å². The largest absolute Gasteiger partial charge is 0.309 e. The molecule has 1 aliphatic rings. The highest BCUT2D eigenvalue weighted by Gasteiger charge is 2.21. The maximum absolute atomic E-state index is 5.02. The van der Waals surface area contributed by atoms with E-state index in [-0.39, 0.29) is 0 Å². The molecule has 7 aromatic carbocycles. The van der Waals surface area contributed by atoms with Crippen molar-refractivity contribution in [1.82, 2.24) is 4.57 Å². The van der Waals surface area contributed by atoms with Gasteiger partial charge in [-0.1, -0.05) is 146 Å². The number of rotatable bonds is 6. The molecule has 0 unspecified atom stereocenters. The molecule has 1 heterocycles. The molecule has 0 bridgehead atoms. The lowest BCUT2D eigenvalue weighted by atomic mass is 10.0. The number of para-hydroxylation sites is 1. The molecule has 0 fully saturated rings. The van der Waals surface area contributed by atoms with Crippen molar-refractivity contribution in [2.75, 3.05) is 0 Å². The topological polar surface area (TPSA) is 42.0 Å². The Labute approximate surface area is 297 Å². The van der Waals surface area contributed by atoms with Crippen LogP contribution in [0.1, 0.15) is 27.8 Å². The first kappa shape index (κ1) is 30.4. The van der Waals surface area contributed by atoms with E-state index in [1.807, 2.05) is 60.7 Å². The van der Waals surface area contributed by atoms with Crippen LogP contribution in [0, 0.1) is 0 Å². The van der Waals surface area contributed by atoms with Gasteiger partial charge in [0.2, 0.25) is 0 Å². The minimum absolute atomic E-state index is 0.507. The molecular formula is C47H34N4. The molecule has 0 aliphatic heterocycles. The lowest BCUT2D eigenvalue weighted by molar-refractivity contribution is 1.05. The number of hydrogen-bond donors (Lipinski definition) is 0. The normalized spacial score (nSPS) is 12.6. The maximum atomic E-state index is 5.02.